The van der Waals surface area contributed by atoms with Crippen molar-refractivity contribution in [3.63, 3.8) is 0 Å². The van der Waals surface area contributed by atoms with Gasteiger partial charge in [0.2, 0.25) is 0 Å². The number of H-pyrrole nitrogens is 1. The van der Waals surface area contributed by atoms with Crippen LogP contribution < -0.4 is 10.9 Å². The van der Waals surface area contributed by atoms with Crippen molar-refractivity contribution in [2.45, 2.75) is 63.3 Å². The third-order valence-corrected chi connectivity index (χ3v) is 7.80. The van der Waals surface area contributed by atoms with E-state index in [0.717, 1.165) is 17.7 Å². The zero-order valence-electron chi connectivity index (χ0n) is 20.6. The Bertz CT molecular complexity index is 1350. The molecule has 3 aromatic rings. The lowest BCUT2D eigenvalue weighted by atomic mass is 9.69. The van der Waals surface area contributed by atoms with Crippen molar-refractivity contribution in [3.05, 3.63) is 98.5 Å². The molecule has 0 fully saturated rings. The molecule has 0 saturated heterocycles. The zero-order valence-corrected chi connectivity index (χ0v) is 21.5. The van der Waals surface area contributed by atoms with Gasteiger partial charge in [0.1, 0.15) is 5.82 Å². The first kappa shape index (κ1) is 23.6. The van der Waals surface area contributed by atoms with E-state index in [0.29, 0.717) is 40.2 Å². The molecule has 1 unspecified atom stereocenters. The minimum Gasteiger partial charge on any atom is -0.343 e. The summed E-state index contributed by atoms with van der Waals surface area (Å²) in [6.45, 7) is 8.55. The van der Waals surface area contributed by atoms with Crippen LogP contribution in [0.15, 0.2) is 75.8 Å². The van der Waals surface area contributed by atoms with Crippen LogP contribution in [0.1, 0.15) is 74.6 Å². The van der Waals surface area contributed by atoms with Crippen molar-refractivity contribution in [1.82, 2.24) is 9.97 Å². The van der Waals surface area contributed by atoms with E-state index in [-0.39, 0.29) is 16.8 Å². The molecule has 2 aromatic carbocycles. The Morgan fingerprint density at radius 3 is 2.43 bits per heavy atom. The SMILES string of the molecule is CC(C)c1ccc(C2C3=C(CC(C)(C)CC3=O)Nc3nc(SCc4ccccc4)[nH]c(=O)c32)cc1. The predicted molar refractivity (Wildman–Crippen MR) is 142 cm³/mol. The smallest absolute Gasteiger partial charge is 0.257 e. The molecule has 5 nitrogen and oxygen atoms in total. The maximum absolute atomic E-state index is 13.5. The topological polar surface area (TPSA) is 74.8 Å². The Hall–Kier alpha value is -3.12. The number of fused-ring (bicyclic) bond motifs is 1. The maximum Gasteiger partial charge on any atom is 0.257 e. The highest BCUT2D eigenvalue weighted by Crippen LogP contribution is 2.47. The fourth-order valence-electron chi connectivity index (χ4n) is 5.09. The fourth-order valence-corrected chi connectivity index (χ4v) is 5.91. The van der Waals surface area contributed by atoms with E-state index in [1.165, 1.54) is 22.9 Å². The van der Waals surface area contributed by atoms with E-state index in [9.17, 15) is 9.59 Å². The van der Waals surface area contributed by atoms with Gasteiger partial charge in [0.15, 0.2) is 10.9 Å². The molecule has 5 rings (SSSR count). The number of aromatic nitrogens is 2. The molecule has 1 aliphatic heterocycles. The number of aromatic amines is 1. The van der Waals surface area contributed by atoms with E-state index in [1.807, 2.05) is 18.2 Å². The number of hydrogen-bond donors (Lipinski definition) is 2. The zero-order chi connectivity index (χ0) is 24.7. The van der Waals surface area contributed by atoms with Gasteiger partial charge in [0.05, 0.1) is 5.56 Å². The summed E-state index contributed by atoms with van der Waals surface area (Å²) >= 11 is 1.50. The number of ketones is 1. The number of thioether (sulfide) groups is 1. The molecular weight excluding hydrogens is 454 g/mol. The second-order valence-corrected chi connectivity index (χ2v) is 11.6. The first-order chi connectivity index (χ1) is 16.7. The lowest BCUT2D eigenvalue weighted by Crippen LogP contribution is -2.37. The molecule has 0 spiro atoms. The third-order valence-electron chi connectivity index (χ3n) is 6.86. The summed E-state index contributed by atoms with van der Waals surface area (Å²) in [6, 6.07) is 18.4. The van der Waals surface area contributed by atoms with Gasteiger partial charge in [-0.05, 0) is 34.4 Å². The molecule has 35 heavy (non-hydrogen) atoms. The quantitative estimate of drug-likeness (QED) is 0.324. The van der Waals surface area contributed by atoms with Crippen LogP contribution in [0.2, 0.25) is 0 Å². The first-order valence-electron chi connectivity index (χ1n) is 12.2. The van der Waals surface area contributed by atoms with E-state index in [2.05, 4.69) is 74.4 Å². The number of nitrogens with one attached hydrogen (secondary N) is 2. The summed E-state index contributed by atoms with van der Waals surface area (Å²) in [7, 11) is 0. The van der Waals surface area contributed by atoms with Crippen molar-refractivity contribution >= 4 is 23.4 Å². The lowest BCUT2D eigenvalue weighted by molar-refractivity contribution is -0.118. The molecule has 1 atom stereocenters. The Morgan fingerprint density at radius 1 is 1.03 bits per heavy atom. The number of Topliss-reactive ketones (excluding diaryl/α,β-unsaturated/α-hetero) is 1. The third kappa shape index (κ3) is 4.72. The molecule has 2 heterocycles. The van der Waals surface area contributed by atoms with Gasteiger partial charge in [0.25, 0.3) is 5.56 Å². The van der Waals surface area contributed by atoms with Crippen LogP contribution in [-0.4, -0.2) is 15.8 Å². The van der Waals surface area contributed by atoms with Crippen molar-refractivity contribution in [1.29, 1.82) is 0 Å². The summed E-state index contributed by atoms with van der Waals surface area (Å²) in [5.41, 5.74) is 5.15. The van der Waals surface area contributed by atoms with Gasteiger partial charge < -0.3 is 10.3 Å². The number of allylic oxidation sites excluding steroid dienone is 2. The first-order valence-corrected chi connectivity index (χ1v) is 13.1. The molecule has 6 heteroatoms. The Balaban J connectivity index is 1.59. The average molecular weight is 486 g/mol. The van der Waals surface area contributed by atoms with Crippen LogP contribution in [0.5, 0.6) is 0 Å². The standard InChI is InChI=1S/C29H31N3O2S/c1-17(2)19-10-12-20(13-11-19)23-24-21(14-29(3,4)15-22(24)33)30-26-25(23)27(34)32-28(31-26)35-16-18-8-6-5-7-9-18/h5-13,17,23H,14-16H2,1-4H3,(H2,30,31,32,34). The summed E-state index contributed by atoms with van der Waals surface area (Å²) < 4.78 is 0. The molecule has 0 amide bonds. The highest BCUT2D eigenvalue weighted by molar-refractivity contribution is 7.98. The van der Waals surface area contributed by atoms with Gasteiger partial charge in [-0.1, -0.05) is 94.1 Å². The van der Waals surface area contributed by atoms with Gasteiger partial charge in [-0.2, -0.15) is 0 Å². The van der Waals surface area contributed by atoms with Crippen molar-refractivity contribution in [2.75, 3.05) is 5.32 Å². The number of rotatable bonds is 5. The minimum absolute atomic E-state index is 0.106. The monoisotopic (exact) mass is 485 g/mol. The van der Waals surface area contributed by atoms with Gasteiger partial charge in [0, 0.05) is 29.4 Å². The highest BCUT2D eigenvalue weighted by Gasteiger charge is 2.42. The van der Waals surface area contributed by atoms with Crippen molar-refractivity contribution in [3.8, 4) is 0 Å². The number of hydrogen-bond acceptors (Lipinski definition) is 5. The van der Waals surface area contributed by atoms with Gasteiger partial charge in [-0.3, -0.25) is 9.59 Å². The normalized spacial score (nSPS) is 18.8. The summed E-state index contributed by atoms with van der Waals surface area (Å²) in [5, 5.41) is 3.98. The molecule has 0 bridgehead atoms. The highest BCUT2D eigenvalue weighted by atomic mass is 32.2. The van der Waals surface area contributed by atoms with Gasteiger partial charge in [-0.15, -0.1) is 0 Å². The van der Waals surface area contributed by atoms with Crippen LogP contribution >= 0.6 is 11.8 Å². The Kier molecular flexibility index (Phi) is 6.18. The van der Waals surface area contributed by atoms with Gasteiger partial charge >= 0.3 is 0 Å². The Labute approximate surface area is 210 Å². The van der Waals surface area contributed by atoms with Crippen molar-refractivity contribution < 1.29 is 4.79 Å². The average Bonchev–Trinajstić information content (AvgIpc) is 2.81. The number of anilines is 1. The van der Waals surface area contributed by atoms with E-state index in [1.54, 1.807) is 0 Å². The van der Waals surface area contributed by atoms with Crippen LogP contribution in [-0.2, 0) is 10.5 Å². The largest absolute Gasteiger partial charge is 0.343 e. The van der Waals surface area contributed by atoms with Crippen LogP contribution in [0, 0.1) is 5.41 Å². The molecule has 1 aromatic heterocycles. The summed E-state index contributed by atoms with van der Waals surface area (Å²) in [4.78, 5) is 34.7. The number of carbonyl (C=O) groups excluding carboxylic acids is 1. The molecule has 0 saturated carbocycles. The van der Waals surface area contributed by atoms with E-state index >= 15 is 0 Å². The fraction of sp³-hybridized carbons (Fsp3) is 0.345. The maximum atomic E-state index is 13.5. The second-order valence-electron chi connectivity index (χ2n) is 10.6. The molecule has 0 radical (unpaired) electrons. The number of carbonyl (C=O) groups is 1. The van der Waals surface area contributed by atoms with Crippen LogP contribution in [0.25, 0.3) is 0 Å². The molecule has 1 aliphatic carbocycles. The predicted octanol–water partition coefficient (Wildman–Crippen LogP) is 6.39. The number of benzene rings is 2. The minimum atomic E-state index is -0.421. The second kappa shape index (κ2) is 9.15. The van der Waals surface area contributed by atoms with Crippen LogP contribution in [0.3, 0.4) is 0 Å². The molecule has 2 aliphatic rings. The van der Waals surface area contributed by atoms with E-state index < -0.39 is 5.92 Å². The summed E-state index contributed by atoms with van der Waals surface area (Å²) in [5.74, 6) is 1.36. The number of nitrogens with zero attached hydrogens (tertiary/aromatic N) is 1. The Morgan fingerprint density at radius 2 is 1.74 bits per heavy atom. The van der Waals surface area contributed by atoms with Crippen molar-refractivity contribution in [2.24, 2.45) is 5.41 Å². The molecule has 180 valence electrons. The lowest BCUT2D eigenvalue weighted by Gasteiger charge is -2.38. The van der Waals surface area contributed by atoms with Crippen LogP contribution in [0.4, 0.5) is 5.82 Å². The van der Waals surface area contributed by atoms with Gasteiger partial charge in [-0.25, -0.2) is 4.98 Å². The molecule has 2 N–H and O–H groups in total. The summed E-state index contributed by atoms with van der Waals surface area (Å²) in [6.07, 6.45) is 1.22. The molecular formula is C29H31N3O2S. The van der Waals surface area contributed by atoms with E-state index in [4.69, 9.17) is 4.98 Å².